The number of ketones is 1. The van der Waals surface area contributed by atoms with E-state index in [1.807, 2.05) is 0 Å². The minimum absolute atomic E-state index is 0.0741. The van der Waals surface area contributed by atoms with Gasteiger partial charge in [-0.3, -0.25) is 9.59 Å². The lowest BCUT2D eigenvalue weighted by molar-refractivity contribution is -0.150. The average molecular weight is 206 g/mol. The molecule has 80 valence electrons. The molecule has 0 aliphatic heterocycles. The molecule has 1 aliphatic carbocycles. The van der Waals surface area contributed by atoms with Crippen LogP contribution in [-0.4, -0.2) is 24.8 Å². The second kappa shape index (κ2) is 4.48. The molecule has 3 nitrogen and oxygen atoms in total. The fraction of sp³-hybridized carbons (Fsp3) is 0.778. The molecule has 14 heavy (non-hydrogen) atoms. The summed E-state index contributed by atoms with van der Waals surface area (Å²) in [4.78, 5) is 22.3. The Morgan fingerprint density at radius 2 is 2.29 bits per heavy atom. The van der Waals surface area contributed by atoms with Gasteiger partial charge in [0.15, 0.2) is 0 Å². The minimum Gasteiger partial charge on any atom is -0.465 e. The average Bonchev–Trinajstić information content (AvgIpc) is 2.48. The first-order valence-electron chi connectivity index (χ1n) is 4.53. The quantitative estimate of drug-likeness (QED) is 0.518. The van der Waals surface area contributed by atoms with E-state index >= 15 is 0 Å². The molecule has 0 radical (unpaired) electrons. The number of halogens is 2. The van der Waals surface area contributed by atoms with Gasteiger partial charge < -0.3 is 4.74 Å². The number of carbonyl (C=O) groups excluding carboxylic acids is 2. The van der Waals surface area contributed by atoms with Gasteiger partial charge in [-0.25, -0.2) is 8.78 Å². The maximum absolute atomic E-state index is 12.2. The highest BCUT2D eigenvalue weighted by atomic mass is 19.3. The standard InChI is InChI=1S/C9H12F2O3/c1-2-14-9(13)6-3-5(8(10)11)4-7(6)12/h5-6,8H,2-4H2,1H3. The summed E-state index contributed by atoms with van der Waals surface area (Å²) < 4.78 is 29.1. The van der Waals surface area contributed by atoms with Crippen LogP contribution in [0, 0.1) is 11.8 Å². The first kappa shape index (κ1) is 11.1. The molecule has 0 amide bonds. The zero-order valence-corrected chi connectivity index (χ0v) is 7.83. The third kappa shape index (κ3) is 2.27. The van der Waals surface area contributed by atoms with Crippen molar-refractivity contribution in [1.29, 1.82) is 0 Å². The fourth-order valence-electron chi connectivity index (χ4n) is 1.58. The van der Waals surface area contributed by atoms with E-state index in [2.05, 4.69) is 4.74 Å². The Kier molecular flexibility index (Phi) is 3.55. The second-order valence-corrected chi connectivity index (χ2v) is 3.31. The van der Waals surface area contributed by atoms with Gasteiger partial charge in [-0.1, -0.05) is 0 Å². The van der Waals surface area contributed by atoms with Crippen LogP contribution in [0.3, 0.4) is 0 Å². The smallest absolute Gasteiger partial charge is 0.316 e. The highest BCUT2D eigenvalue weighted by molar-refractivity contribution is 6.00. The van der Waals surface area contributed by atoms with Gasteiger partial charge in [0.05, 0.1) is 6.61 Å². The molecule has 0 saturated heterocycles. The summed E-state index contributed by atoms with van der Waals surface area (Å²) in [6.07, 6.45) is -2.81. The van der Waals surface area contributed by atoms with Gasteiger partial charge in [-0.2, -0.15) is 0 Å². The van der Waals surface area contributed by atoms with E-state index in [1.165, 1.54) is 0 Å². The fourth-order valence-corrected chi connectivity index (χ4v) is 1.58. The van der Waals surface area contributed by atoms with Crippen molar-refractivity contribution in [3.8, 4) is 0 Å². The van der Waals surface area contributed by atoms with E-state index in [0.717, 1.165) is 0 Å². The highest BCUT2D eigenvalue weighted by Crippen LogP contribution is 2.32. The van der Waals surface area contributed by atoms with Crippen LogP contribution in [0.1, 0.15) is 19.8 Å². The second-order valence-electron chi connectivity index (χ2n) is 3.31. The highest BCUT2D eigenvalue weighted by Gasteiger charge is 2.41. The zero-order valence-electron chi connectivity index (χ0n) is 7.83. The number of alkyl halides is 2. The van der Waals surface area contributed by atoms with Crippen molar-refractivity contribution < 1.29 is 23.1 Å². The summed E-state index contributed by atoms with van der Waals surface area (Å²) in [6.45, 7) is 1.78. The molecule has 0 spiro atoms. The van der Waals surface area contributed by atoms with Crippen molar-refractivity contribution in [3.63, 3.8) is 0 Å². The van der Waals surface area contributed by atoms with E-state index in [-0.39, 0.29) is 19.4 Å². The van der Waals surface area contributed by atoms with Gasteiger partial charge in [-0.05, 0) is 13.3 Å². The molecule has 0 N–H and O–H groups in total. The maximum atomic E-state index is 12.2. The predicted octanol–water partition coefficient (Wildman–Crippen LogP) is 1.41. The van der Waals surface area contributed by atoms with Crippen molar-refractivity contribution in [2.75, 3.05) is 6.61 Å². The third-order valence-corrected chi connectivity index (χ3v) is 2.32. The molecule has 5 heteroatoms. The Labute approximate surface area is 80.4 Å². The first-order valence-corrected chi connectivity index (χ1v) is 4.53. The number of hydrogen-bond acceptors (Lipinski definition) is 3. The van der Waals surface area contributed by atoms with E-state index in [9.17, 15) is 18.4 Å². The monoisotopic (exact) mass is 206 g/mol. The van der Waals surface area contributed by atoms with Crippen LogP contribution in [0.4, 0.5) is 8.78 Å². The lowest BCUT2D eigenvalue weighted by Gasteiger charge is -2.08. The van der Waals surface area contributed by atoms with Crippen LogP contribution in [0.5, 0.6) is 0 Å². The number of ether oxygens (including phenoxy) is 1. The molecule has 1 rings (SSSR count). The molecule has 0 aromatic carbocycles. The van der Waals surface area contributed by atoms with Crippen molar-refractivity contribution in [2.24, 2.45) is 11.8 Å². The Morgan fingerprint density at radius 1 is 1.64 bits per heavy atom. The molecular weight excluding hydrogens is 194 g/mol. The third-order valence-electron chi connectivity index (χ3n) is 2.32. The SMILES string of the molecule is CCOC(=O)C1CC(C(F)F)CC1=O. The number of Topliss-reactive ketones (excluding diaryl/α,β-unsaturated/α-hetero) is 1. The molecule has 0 bridgehead atoms. The number of rotatable bonds is 3. The lowest BCUT2D eigenvalue weighted by atomic mass is 10.1. The Hall–Kier alpha value is -1.00. The predicted molar refractivity (Wildman–Crippen MR) is 43.9 cm³/mol. The van der Waals surface area contributed by atoms with Gasteiger partial charge >= 0.3 is 5.97 Å². The summed E-state index contributed by atoms with van der Waals surface area (Å²) in [5.74, 6) is -3.03. The molecular formula is C9H12F2O3. The summed E-state index contributed by atoms with van der Waals surface area (Å²) in [5.41, 5.74) is 0. The van der Waals surface area contributed by atoms with Crippen molar-refractivity contribution in [2.45, 2.75) is 26.2 Å². The number of carbonyl (C=O) groups is 2. The first-order chi connectivity index (χ1) is 6.56. The van der Waals surface area contributed by atoms with E-state index < -0.39 is 30.0 Å². The molecule has 0 aromatic rings. The number of esters is 1. The van der Waals surface area contributed by atoms with Crippen molar-refractivity contribution in [1.82, 2.24) is 0 Å². The van der Waals surface area contributed by atoms with Gasteiger partial charge in [0.2, 0.25) is 6.43 Å². The summed E-state index contributed by atoms with van der Waals surface area (Å²) >= 11 is 0. The summed E-state index contributed by atoms with van der Waals surface area (Å²) in [5, 5.41) is 0. The van der Waals surface area contributed by atoms with E-state index in [4.69, 9.17) is 0 Å². The van der Waals surface area contributed by atoms with Gasteiger partial charge in [0.25, 0.3) is 0 Å². The minimum atomic E-state index is -2.53. The van der Waals surface area contributed by atoms with Crippen LogP contribution in [0.15, 0.2) is 0 Å². The molecule has 0 heterocycles. The topological polar surface area (TPSA) is 43.4 Å². The van der Waals surface area contributed by atoms with Crippen LogP contribution in [0.2, 0.25) is 0 Å². The largest absolute Gasteiger partial charge is 0.465 e. The van der Waals surface area contributed by atoms with Gasteiger partial charge in [0.1, 0.15) is 11.7 Å². The van der Waals surface area contributed by atoms with Crippen LogP contribution in [-0.2, 0) is 14.3 Å². The molecule has 2 unspecified atom stereocenters. The summed E-state index contributed by atoms with van der Waals surface area (Å²) in [6, 6.07) is 0. The van der Waals surface area contributed by atoms with Crippen LogP contribution >= 0.6 is 0 Å². The Balaban J connectivity index is 2.56. The van der Waals surface area contributed by atoms with Crippen molar-refractivity contribution >= 4 is 11.8 Å². The molecule has 1 fully saturated rings. The van der Waals surface area contributed by atoms with Gasteiger partial charge in [-0.15, -0.1) is 0 Å². The lowest BCUT2D eigenvalue weighted by Crippen LogP contribution is -2.21. The molecule has 2 atom stereocenters. The number of hydrogen-bond donors (Lipinski definition) is 0. The van der Waals surface area contributed by atoms with Crippen LogP contribution in [0.25, 0.3) is 0 Å². The van der Waals surface area contributed by atoms with Crippen LogP contribution < -0.4 is 0 Å². The molecule has 0 aromatic heterocycles. The maximum Gasteiger partial charge on any atom is 0.316 e. The van der Waals surface area contributed by atoms with E-state index in [1.54, 1.807) is 6.92 Å². The van der Waals surface area contributed by atoms with Crippen molar-refractivity contribution in [3.05, 3.63) is 0 Å². The molecule has 1 aliphatic rings. The zero-order chi connectivity index (χ0) is 10.7. The Bertz CT molecular complexity index is 240. The Morgan fingerprint density at radius 3 is 2.71 bits per heavy atom. The molecule has 1 saturated carbocycles. The normalized spacial score (nSPS) is 27.0. The van der Waals surface area contributed by atoms with E-state index in [0.29, 0.717) is 0 Å². The van der Waals surface area contributed by atoms with Gasteiger partial charge in [0, 0.05) is 12.3 Å². The summed E-state index contributed by atoms with van der Waals surface area (Å²) in [7, 11) is 0.